The van der Waals surface area contributed by atoms with Gasteiger partial charge in [0.05, 0.1) is 0 Å². The van der Waals surface area contributed by atoms with Gasteiger partial charge in [0.15, 0.2) is 5.25 Å². The Bertz CT molecular complexity index is 526. The maximum absolute atomic E-state index is 11.7. The number of rotatable bonds is 5. The van der Waals surface area contributed by atoms with E-state index in [0.29, 0.717) is 10.6 Å². The Morgan fingerprint density at radius 2 is 1.78 bits per heavy atom. The number of halogens is 1. The van der Waals surface area contributed by atoms with Crippen molar-refractivity contribution in [2.24, 2.45) is 0 Å². The third-order valence-corrected chi connectivity index (χ3v) is 4.59. The van der Waals surface area contributed by atoms with Gasteiger partial charge in [-0.1, -0.05) is 23.7 Å². The summed E-state index contributed by atoms with van der Waals surface area (Å²) in [7, 11) is -3.90. The molecule has 1 aromatic rings. The van der Waals surface area contributed by atoms with Crippen molar-refractivity contribution >= 4 is 27.6 Å². The van der Waals surface area contributed by atoms with Crippen LogP contribution in [0.5, 0.6) is 0 Å². The van der Waals surface area contributed by atoms with Crippen LogP contribution < -0.4 is 4.72 Å². The molecular formula is C11H14ClNO4S. The van der Waals surface area contributed by atoms with Gasteiger partial charge in [-0.15, -0.1) is 0 Å². The molecule has 2 N–H and O–H groups in total. The van der Waals surface area contributed by atoms with Crippen molar-refractivity contribution < 1.29 is 18.3 Å². The molecule has 100 valence electrons. The fourth-order valence-electron chi connectivity index (χ4n) is 1.30. The van der Waals surface area contributed by atoms with Gasteiger partial charge in [-0.2, -0.15) is 0 Å². The number of sulfonamides is 1. The molecule has 0 heterocycles. The number of aliphatic carboxylic acids is 1. The largest absolute Gasteiger partial charge is 0.480 e. The lowest BCUT2D eigenvalue weighted by Gasteiger charge is -2.16. The molecule has 0 aliphatic carbocycles. The van der Waals surface area contributed by atoms with Crippen LogP contribution in [0.4, 0.5) is 0 Å². The van der Waals surface area contributed by atoms with Crippen molar-refractivity contribution in [3.63, 3.8) is 0 Å². The number of hydrogen-bond acceptors (Lipinski definition) is 3. The summed E-state index contributed by atoms with van der Waals surface area (Å²) in [6.07, 6.45) is 0. The Kier molecular flexibility index (Phi) is 4.72. The van der Waals surface area contributed by atoms with E-state index < -0.39 is 27.3 Å². The van der Waals surface area contributed by atoms with E-state index in [2.05, 4.69) is 4.72 Å². The lowest BCUT2D eigenvalue weighted by molar-refractivity contribution is -0.136. The van der Waals surface area contributed by atoms with E-state index in [4.69, 9.17) is 16.7 Å². The van der Waals surface area contributed by atoms with Gasteiger partial charge in [-0.05, 0) is 31.5 Å². The average molecular weight is 292 g/mol. The number of carbonyl (C=O) groups is 1. The summed E-state index contributed by atoms with van der Waals surface area (Å²) in [6.45, 7) is 2.76. The molecule has 0 saturated carbocycles. The highest BCUT2D eigenvalue weighted by molar-refractivity contribution is 7.90. The Morgan fingerprint density at radius 1 is 1.28 bits per heavy atom. The molecule has 0 aliphatic rings. The lowest BCUT2D eigenvalue weighted by atomic mass is 10.1. The van der Waals surface area contributed by atoms with Crippen molar-refractivity contribution in [2.75, 3.05) is 0 Å². The number of benzene rings is 1. The molecule has 0 spiro atoms. The number of carboxylic acid groups (broad SMARTS) is 1. The molecule has 0 amide bonds. The molecule has 0 aromatic heterocycles. The molecule has 0 radical (unpaired) electrons. The molecule has 5 nitrogen and oxygen atoms in total. The highest BCUT2D eigenvalue weighted by Crippen LogP contribution is 2.17. The van der Waals surface area contributed by atoms with Crippen LogP contribution >= 0.6 is 11.6 Å². The van der Waals surface area contributed by atoms with Crippen LogP contribution in [0, 0.1) is 0 Å². The summed E-state index contributed by atoms with van der Waals surface area (Å²) >= 11 is 5.73. The number of carboxylic acids is 1. The van der Waals surface area contributed by atoms with Crippen molar-refractivity contribution in [3.05, 3.63) is 34.9 Å². The van der Waals surface area contributed by atoms with E-state index in [1.807, 2.05) is 0 Å². The zero-order valence-corrected chi connectivity index (χ0v) is 11.5. The van der Waals surface area contributed by atoms with Gasteiger partial charge in [0.1, 0.15) is 0 Å². The molecule has 0 bridgehead atoms. The van der Waals surface area contributed by atoms with E-state index in [0.717, 1.165) is 6.92 Å². The predicted molar refractivity (Wildman–Crippen MR) is 69.0 cm³/mol. The molecule has 1 unspecified atom stereocenters. The Labute approximate surface area is 111 Å². The molecule has 0 saturated heterocycles. The number of hydrogen-bond donors (Lipinski definition) is 2. The van der Waals surface area contributed by atoms with Gasteiger partial charge >= 0.3 is 5.97 Å². The molecule has 2 atom stereocenters. The maximum Gasteiger partial charge on any atom is 0.323 e. The monoisotopic (exact) mass is 291 g/mol. The van der Waals surface area contributed by atoms with Crippen molar-refractivity contribution in [1.29, 1.82) is 0 Å². The second kappa shape index (κ2) is 5.69. The standard InChI is InChI=1S/C11H14ClNO4S/c1-7(9-3-5-10(12)6-4-9)13-18(16,17)8(2)11(14)15/h3-8,13H,1-2H3,(H,14,15)/t7-,8?/m1/s1. The maximum atomic E-state index is 11.7. The quantitative estimate of drug-likeness (QED) is 0.866. The minimum absolute atomic E-state index is 0.519. The fourth-order valence-corrected chi connectivity index (χ4v) is 2.53. The minimum atomic E-state index is -3.90. The van der Waals surface area contributed by atoms with Gasteiger partial charge in [0, 0.05) is 11.1 Å². The van der Waals surface area contributed by atoms with Crippen molar-refractivity contribution in [3.8, 4) is 0 Å². The summed E-state index contributed by atoms with van der Waals surface area (Å²) in [5.74, 6) is -1.38. The second-order valence-electron chi connectivity index (χ2n) is 3.92. The first-order chi connectivity index (χ1) is 8.24. The lowest BCUT2D eigenvalue weighted by Crippen LogP contribution is -2.38. The van der Waals surface area contributed by atoms with Crippen molar-refractivity contribution in [2.45, 2.75) is 25.1 Å². The van der Waals surface area contributed by atoms with E-state index in [9.17, 15) is 13.2 Å². The first kappa shape index (κ1) is 14.9. The summed E-state index contributed by atoms with van der Waals surface area (Å²) in [5.41, 5.74) is 0.709. The van der Waals surface area contributed by atoms with Crippen LogP contribution in [-0.2, 0) is 14.8 Å². The fraction of sp³-hybridized carbons (Fsp3) is 0.364. The zero-order valence-electron chi connectivity index (χ0n) is 9.92. The van der Waals surface area contributed by atoms with Gasteiger partial charge in [0.2, 0.25) is 10.0 Å². The van der Waals surface area contributed by atoms with Crippen LogP contribution in [0.2, 0.25) is 5.02 Å². The summed E-state index contributed by atoms with van der Waals surface area (Å²) in [4.78, 5) is 10.7. The molecule has 18 heavy (non-hydrogen) atoms. The third-order valence-electron chi connectivity index (χ3n) is 2.52. The average Bonchev–Trinajstić information content (AvgIpc) is 2.28. The SMILES string of the molecule is CC(C(=O)O)S(=O)(=O)N[C@H](C)c1ccc(Cl)cc1. The Hall–Kier alpha value is -1.11. The zero-order chi connectivity index (χ0) is 13.9. The van der Waals surface area contributed by atoms with Gasteiger partial charge < -0.3 is 5.11 Å². The van der Waals surface area contributed by atoms with E-state index >= 15 is 0 Å². The summed E-state index contributed by atoms with van der Waals surface area (Å²) in [5, 5.41) is 7.76. The highest BCUT2D eigenvalue weighted by atomic mass is 35.5. The molecule has 0 aliphatic heterocycles. The molecule has 0 fully saturated rings. The van der Waals surface area contributed by atoms with Gasteiger partial charge in [-0.25, -0.2) is 13.1 Å². The van der Waals surface area contributed by atoms with Crippen LogP contribution in [0.25, 0.3) is 0 Å². The van der Waals surface area contributed by atoms with Crippen LogP contribution in [0.15, 0.2) is 24.3 Å². The molecule has 7 heteroatoms. The van der Waals surface area contributed by atoms with E-state index in [-0.39, 0.29) is 0 Å². The number of nitrogens with one attached hydrogen (secondary N) is 1. The van der Waals surface area contributed by atoms with E-state index in [1.165, 1.54) is 0 Å². The van der Waals surface area contributed by atoms with Gasteiger partial charge in [0.25, 0.3) is 0 Å². The third kappa shape index (κ3) is 3.69. The first-order valence-electron chi connectivity index (χ1n) is 5.23. The topological polar surface area (TPSA) is 83.5 Å². The molecular weight excluding hydrogens is 278 g/mol. The van der Waals surface area contributed by atoms with E-state index in [1.54, 1.807) is 31.2 Å². The molecule has 1 aromatic carbocycles. The van der Waals surface area contributed by atoms with Crippen LogP contribution in [0.1, 0.15) is 25.5 Å². The van der Waals surface area contributed by atoms with Gasteiger partial charge in [-0.3, -0.25) is 4.79 Å². The van der Waals surface area contributed by atoms with Crippen molar-refractivity contribution in [1.82, 2.24) is 4.72 Å². The summed E-state index contributed by atoms with van der Waals surface area (Å²) in [6, 6.07) is 6.13. The first-order valence-corrected chi connectivity index (χ1v) is 7.16. The van der Waals surface area contributed by atoms with Crippen LogP contribution in [0.3, 0.4) is 0 Å². The Balaban J connectivity index is 2.85. The smallest absolute Gasteiger partial charge is 0.323 e. The Morgan fingerprint density at radius 3 is 2.22 bits per heavy atom. The normalized spacial score (nSPS) is 15.1. The van der Waals surface area contributed by atoms with Crippen LogP contribution in [-0.4, -0.2) is 24.7 Å². The highest BCUT2D eigenvalue weighted by Gasteiger charge is 2.29. The summed E-state index contributed by atoms with van der Waals surface area (Å²) < 4.78 is 25.7. The minimum Gasteiger partial charge on any atom is -0.480 e. The second-order valence-corrected chi connectivity index (χ2v) is 6.39. The predicted octanol–water partition coefficient (Wildman–Crippen LogP) is 1.79. The molecule has 1 rings (SSSR count).